The zero-order valence-corrected chi connectivity index (χ0v) is 12.4. The Hall–Kier alpha value is -0.900. The van der Waals surface area contributed by atoms with Gasteiger partial charge in [-0.1, -0.05) is 29.8 Å². The lowest BCUT2D eigenvalue weighted by molar-refractivity contribution is 0.506. The fourth-order valence-electron chi connectivity index (χ4n) is 2.09. The maximum Gasteiger partial charge on any atom is 0.145 e. The summed E-state index contributed by atoms with van der Waals surface area (Å²) in [5.41, 5.74) is 0.679. The van der Waals surface area contributed by atoms with Crippen LogP contribution < -0.4 is 5.32 Å². The van der Waals surface area contributed by atoms with Crippen LogP contribution in [0.4, 0.5) is 4.39 Å². The first kappa shape index (κ1) is 14.5. The van der Waals surface area contributed by atoms with Crippen LogP contribution in [0.3, 0.4) is 0 Å². The average molecular weight is 298 g/mol. The molecule has 0 amide bonds. The van der Waals surface area contributed by atoms with Crippen LogP contribution in [-0.4, -0.2) is 13.1 Å². The normalized spacial score (nSPS) is 12.6. The first-order valence-electron chi connectivity index (χ1n) is 6.33. The SMILES string of the molecule is CNC(CCc1cccs1)Cc1cccc(Cl)c1F. The van der Waals surface area contributed by atoms with Crippen molar-refractivity contribution in [3.8, 4) is 0 Å². The molecule has 102 valence electrons. The Labute approximate surface area is 122 Å². The van der Waals surface area contributed by atoms with Crippen molar-refractivity contribution < 1.29 is 4.39 Å². The van der Waals surface area contributed by atoms with Gasteiger partial charge in [0.25, 0.3) is 0 Å². The molecule has 1 atom stereocenters. The molecule has 0 fully saturated rings. The number of hydrogen-bond acceptors (Lipinski definition) is 2. The quantitative estimate of drug-likeness (QED) is 0.838. The van der Waals surface area contributed by atoms with E-state index in [9.17, 15) is 4.39 Å². The van der Waals surface area contributed by atoms with Crippen molar-refractivity contribution in [2.24, 2.45) is 0 Å². The molecule has 2 rings (SSSR count). The summed E-state index contributed by atoms with van der Waals surface area (Å²) in [5.74, 6) is -0.291. The van der Waals surface area contributed by atoms with Gasteiger partial charge in [0.1, 0.15) is 5.82 Å². The van der Waals surface area contributed by atoms with E-state index in [-0.39, 0.29) is 16.9 Å². The molecule has 1 nitrogen and oxygen atoms in total. The van der Waals surface area contributed by atoms with E-state index in [1.54, 1.807) is 29.5 Å². The van der Waals surface area contributed by atoms with Crippen LogP contribution in [0.5, 0.6) is 0 Å². The molecule has 1 aromatic heterocycles. The second-order valence-corrected chi connectivity index (χ2v) is 5.96. The van der Waals surface area contributed by atoms with Crippen molar-refractivity contribution in [2.45, 2.75) is 25.3 Å². The van der Waals surface area contributed by atoms with Crippen LogP contribution in [0.1, 0.15) is 16.9 Å². The largest absolute Gasteiger partial charge is 0.317 e. The van der Waals surface area contributed by atoms with E-state index < -0.39 is 0 Å². The molecule has 1 unspecified atom stereocenters. The number of likely N-dealkylation sites (N-methyl/N-ethyl adjacent to an activating group) is 1. The van der Waals surface area contributed by atoms with Crippen molar-refractivity contribution >= 4 is 22.9 Å². The van der Waals surface area contributed by atoms with E-state index in [0.29, 0.717) is 12.0 Å². The lowest BCUT2D eigenvalue weighted by Crippen LogP contribution is -2.28. The van der Waals surface area contributed by atoms with Gasteiger partial charge < -0.3 is 5.32 Å². The Morgan fingerprint density at radius 1 is 1.32 bits per heavy atom. The third kappa shape index (κ3) is 4.03. The summed E-state index contributed by atoms with van der Waals surface area (Å²) in [4.78, 5) is 1.37. The molecule has 1 N–H and O–H groups in total. The zero-order chi connectivity index (χ0) is 13.7. The summed E-state index contributed by atoms with van der Waals surface area (Å²) in [6.07, 6.45) is 2.67. The van der Waals surface area contributed by atoms with E-state index >= 15 is 0 Å². The fourth-order valence-corrected chi connectivity index (χ4v) is 3.01. The van der Waals surface area contributed by atoms with Crippen molar-refractivity contribution in [1.29, 1.82) is 0 Å². The summed E-state index contributed by atoms with van der Waals surface area (Å²) in [7, 11) is 1.92. The van der Waals surface area contributed by atoms with Gasteiger partial charge in [-0.3, -0.25) is 0 Å². The molecule has 0 aliphatic heterocycles. The van der Waals surface area contributed by atoms with Gasteiger partial charge in [-0.2, -0.15) is 0 Å². The topological polar surface area (TPSA) is 12.0 Å². The Morgan fingerprint density at radius 2 is 2.16 bits per heavy atom. The lowest BCUT2D eigenvalue weighted by atomic mass is 10.0. The van der Waals surface area contributed by atoms with E-state index in [2.05, 4.69) is 22.8 Å². The highest BCUT2D eigenvalue weighted by Gasteiger charge is 2.12. The Balaban J connectivity index is 1.96. The van der Waals surface area contributed by atoms with E-state index in [1.165, 1.54) is 4.88 Å². The van der Waals surface area contributed by atoms with Crippen molar-refractivity contribution in [3.05, 3.63) is 57.0 Å². The number of thiophene rings is 1. The summed E-state index contributed by atoms with van der Waals surface area (Å²) >= 11 is 7.57. The monoisotopic (exact) mass is 297 g/mol. The van der Waals surface area contributed by atoms with Crippen LogP contribution in [0.15, 0.2) is 35.7 Å². The van der Waals surface area contributed by atoms with Crippen LogP contribution in [-0.2, 0) is 12.8 Å². The number of hydrogen-bond donors (Lipinski definition) is 1. The minimum Gasteiger partial charge on any atom is -0.317 e. The Morgan fingerprint density at radius 3 is 2.84 bits per heavy atom. The summed E-state index contributed by atoms with van der Waals surface area (Å²) in [6.45, 7) is 0. The Kier molecular flexibility index (Phi) is 5.37. The van der Waals surface area contributed by atoms with Crippen LogP contribution in [0, 0.1) is 5.82 Å². The maximum absolute atomic E-state index is 13.9. The highest BCUT2D eigenvalue weighted by molar-refractivity contribution is 7.09. The van der Waals surface area contributed by atoms with Crippen molar-refractivity contribution in [1.82, 2.24) is 5.32 Å². The van der Waals surface area contributed by atoms with Gasteiger partial charge in [0, 0.05) is 10.9 Å². The van der Waals surface area contributed by atoms with Gasteiger partial charge in [0.05, 0.1) is 5.02 Å². The van der Waals surface area contributed by atoms with Gasteiger partial charge in [-0.25, -0.2) is 4.39 Å². The fraction of sp³-hybridized carbons (Fsp3) is 0.333. The van der Waals surface area contributed by atoms with Gasteiger partial charge in [0.15, 0.2) is 0 Å². The third-order valence-electron chi connectivity index (χ3n) is 3.23. The first-order valence-corrected chi connectivity index (χ1v) is 7.59. The highest BCUT2D eigenvalue weighted by Crippen LogP contribution is 2.20. The van der Waals surface area contributed by atoms with Crippen LogP contribution >= 0.6 is 22.9 Å². The summed E-state index contributed by atoms with van der Waals surface area (Å²) in [6, 6.07) is 9.64. The summed E-state index contributed by atoms with van der Waals surface area (Å²) in [5, 5.41) is 5.54. The molecule has 0 aliphatic rings. The Bertz CT molecular complexity index is 513. The minimum absolute atomic E-state index is 0.200. The molecule has 19 heavy (non-hydrogen) atoms. The second kappa shape index (κ2) is 7.04. The molecule has 0 spiro atoms. The smallest absolute Gasteiger partial charge is 0.145 e. The summed E-state index contributed by atoms with van der Waals surface area (Å²) < 4.78 is 13.9. The molecule has 0 radical (unpaired) electrons. The van der Waals surface area contributed by atoms with E-state index in [1.807, 2.05) is 7.05 Å². The lowest BCUT2D eigenvalue weighted by Gasteiger charge is -2.16. The van der Waals surface area contributed by atoms with Crippen LogP contribution in [0.25, 0.3) is 0 Å². The van der Waals surface area contributed by atoms with Gasteiger partial charge in [-0.05, 0) is 49.4 Å². The maximum atomic E-state index is 13.9. The van der Waals surface area contributed by atoms with Crippen LogP contribution in [0.2, 0.25) is 5.02 Å². The average Bonchev–Trinajstić information content (AvgIpc) is 2.92. The molecule has 0 saturated carbocycles. The molecule has 1 aromatic carbocycles. The second-order valence-electron chi connectivity index (χ2n) is 4.52. The molecule has 0 bridgehead atoms. The zero-order valence-electron chi connectivity index (χ0n) is 10.8. The number of halogens is 2. The highest BCUT2D eigenvalue weighted by atomic mass is 35.5. The number of rotatable bonds is 6. The van der Waals surface area contributed by atoms with E-state index in [4.69, 9.17) is 11.6 Å². The predicted octanol–water partition coefficient (Wildman–Crippen LogP) is 4.30. The molecule has 4 heteroatoms. The first-order chi connectivity index (χ1) is 9.20. The molecular weight excluding hydrogens is 281 g/mol. The van der Waals surface area contributed by atoms with Gasteiger partial charge in [-0.15, -0.1) is 11.3 Å². The van der Waals surface area contributed by atoms with E-state index in [0.717, 1.165) is 12.8 Å². The molecule has 0 aliphatic carbocycles. The molecular formula is C15H17ClFNS. The van der Waals surface area contributed by atoms with Crippen molar-refractivity contribution in [2.75, 3.05) is 7.05 Å². The molecule has 1 heterocycles. The minimum atomic E-state index is -0.291. The third-order valence-corrected chi connectivity index (χ3v) is 4.45. The standard InChI is InChI=1S/C15H17ClFNS/c1-18-12(7-8-13-5-3-9-19-13)10-11-4-2-6-14(16)15(11)17/h2-6,9,12,18H,7-8,10H2,1H3. The molecule has 2 aromatic rings. The predicted molar refractivity (Wildman–Crippen MR) is 80.6 cm³/mol. The van der Waals surface area contributed by atoms with Gasteiger partial charge in [0.2, 0.25) is 0 Å². The number of nitrogens with one attached hydrogen (secondary N) is 1. The van der Waals surface area contributed by atoms with Crippen molar-refractivity contribution in [3.63, 3.8) is 0 Å². The van der Waals surface area contributed by atoms with Gasteiger partial charge >= 0.3 is 0 Å². The number of aryl methyl sites for hydroxylation is 1. The number of benzene rings is 1. The molecule has 0 saturated heterocycles.